The number of aromatic nitrogens is 2. The highest BCUT2D eigenvalue weighted by Gasteiger charge is 2.30. The topological polar surface area (TPSA) is 46.9 Å². The van der Waals surface area contributed by atoms with E-state index in [1.807, 2.05) is 42.5 Å². The number of fused-ring (bicyclic) bond motifs is 1. The molecule has 0 aliphatic rings. The zero-order valence-electron chi connectivity index (χ0n) is 15.6. The van der Waals surface area contributed by atoms with Gasteiger partial charge in [-0.2, -0.15) is 13.2 Å². The molecule has 150 valence electrons. The van der Waals surface area contributed by atoms with E-state index >= 15 is 0 Å². The Morgan fingerprint density at radius 3 is 2.33 bits per heavy atom. The second kappa shape index (κ2) is 7.87. The van der Waals surface area contributed by atoms with Crippen LogP contribution in [-0.4, -0.2) is 15.5 Å². The maximum atomic E-state index is 12.8. The molecule has 4 aromatic rings. The molecule has 0 unspecified atom stereocenters. The number of nitrogens with zero attached hydrogens (tertiary/aromatic N) is 2. The first kappa shape index (κ1) is 19.4. The van der Waals surface area contributed by atoms with Crippen molar-refractivity contribution >= 4 is 23.1 Å². The summed E-state index contributed by atoms with van der Waals surface area (Å²) in [5.41, 5.74) is 2.52. The summed E-state index contributed by atoms with van der Waals surface area (Å²) in [6, 6.07) is 20.4. The summed E-state index contributed by atoms with van der Waals surface area (Å²) >= 11 is 0. The predicted octanol–water partition coefficient (Wildman–Crippen LogP) is 5.58. The third-order valence-electron chi connectivity index (χ3n) is 4.61. The Kier molecular flexibility index (Phi) is 5.10. The first-order valence-corrected chi connectivity index (χ1v) is 9.08. The molecule has 4 rings (SSSR count). The van der Waals surface area contributed by atoms with E-state index < -0.39 is 11.7 Å². The molecule has 30 heavy (non-hydrogen) atoms. The van der Waals surface area contributed by atoms with Crippen molar-refractivity contribution in [3.8, 4) is 11.1 Å². The molecule has 0 aliphatic carbocycles. The molecule has 1 amide bonds. The van der Waals surface area contributed by atoms with Gasteiger partial charge in [-0.15, -0.1) is 0 Å². The molecule has 0 atom stereocenters. The quantitative estimate of drug-likeness (QED) is 0.480. The van der Waals surface area contributed by atoms with E-state index in [2.05, 4.69) is 10.3 Å². The van der Waals surface area contributed by atoms with Crippen LogP contribution in [0.5, 0.6) is 0 Å². The first-order valence-electron chi connectivity index (χ1n) is 9.08. The van der Waals surface area contributed by atoms with E-state index in [1.165, 1.54) is 29.4 Å². The maximum absolute atomic E-state index is 12.8. The van der Waals surface area contributed by atoms with Gasteiger partial charge in [0.1, 0.15) is 0 Å². The number of hydrogen-bond donors (Lipinski definition) is 1. The van der Waals surface area contributed by atoms with Gasteiger partial charge < -0.3 is 9.88 Å². The van der Waals surface area contributed by atoms with Gasteiger partial charge in [0, 0.05) is 18.0 Å². The molecular weight excluding hydrogens is 391 g/mol. The van der Waals surface area contributed by atoms with Gasteiger partial charge in [0.25, 0.3) is 5.91 Å². The van der Waals surface area contributed by atoms with E-state index in [1.54, 1.807) is 12.1 Å². The molecule has 1 heterocycles. The van der Waals surface area contributed by atoms with E-state index in [0.29, 0.717) is 11.1 Å². The van der Waals surface area contributed by atoms with Crippen molar-refractivity contribution < 1.29 is 18.0 Å². The van der Waals surface area contributed by atoms with Gasteiger partial charge >= 0.3 is 6.18 Å². The second-order valence-electron chi connectivity index (χ2n) is 6.59. The van der Waals surface area contributed by atoms with Gasteiger partial charge in [-0.3, -0.25) is 4.79 Å². The van der Waals surface area contributed by atoms with Crippen LogP contribution in [0.4, 0.5) is 13.2 Å². The number of nitrogens with one attached hydrogen (secondary N) is 1. The van der Waals surface area contributed by atoms with Crippen LogP contribution in [0, 0.1) is 0 Å². The van der Waals surface area contributed by atoms with Crippen LogP contribution < -0.4 is 5.32 Å². The van der Waals surface area contributed by atoms with Crippen molar-refractivity contribution in [2.45, 2.75) is 6.18 Å². The molecule has 0 spiro atoms. The summed E-state index contributed by atoms with van der Waals surface area (Å²) in [5, 5.41) is 2.65. The minimum Gasteiger partial charge on any atom is -0.327 e. The molecular formula is C23H16F3N3O. The lowest BCUT2D eigenvalue weighted by Gasteiger charge is -2.06. The minimum absolute atomic E-state index is 0.220. The molecule has 0 bridgehead atoms. The largest absolute Gasteiger partial charge is 0.416 e. The van der Waals surface area contributed by atoms with E-state index in [4.69, 9.17) is 0 Å². The minimum atomic E-state index is -4.42. The zero-order chi connectivity index (χ0) is 21.1. The highest BCUT2D eigenvalue weighted by Crippen LogP contribution is 2.31. The van der Waals surface area contributed by atoms with Crippen LogP contribution in [0.3, 0.4) is 0 Å². The Hall–Kier alpha value is -3.87. The van der Waals surface area contributed by atoms with Crippen LogP contribution >= 0.6 is 0 Å². The lowest BCUT2D eigenvalue weighted by Crippen LogP contribution is -2.17. The van der Waals surface area contributed by atoms with Crippen LogP contribution in [0.2, 0.25) is 0 Å². The van der Waals surface area contributed by atoms with Crippen molar-refractivity contribution in [3.05, 3.63) is 96.5 Å². The number of hydrogen-bond acceptors (Lipinski definition) is 2. The van der Waals surface area contributed by atoms with Gasteiger partial charge in [0.15, 0.2) is 0 Å². The average Bonchev–Trinajstić information content (AvgIpc) is 3.16. The molecule has 0 aliphatic heterocycles. The Morgan fingerprint density at radius 1 is 0.933 bits per heavy atom. The Labute approximate surface area is 170 Å². The number of imidazole rings is 1. The summed E-state index contributed by atoms with van der Waals surface area (Å²) in [5.74, 6) is -0.297. The van der Waals surface area contributed by atoms with Gasteiger partial charge in [-0.05, 0) is 41.5 Å². The first-order chi connectivity index (χ1) is 14.4. The summed E-state index contributed by atoms with van der Waals surface area (Å²) < 4.78 is 39.9. The molecule has 0 radical (unpaired) electrons. The molecule has 1 N–H and O–H groups in total. The fourth-order valence-corrected chi connectivity index (χ4v) is 3.05. The molecule has 0 fully saturated rings. The van der Waals surface area contributed by atoms with Crippen LogP contribution in [-0.2, 0) is 6.18 Å². The lowest BCUT2D eigenvalue weighted by atomic mass is 10.0. The normalized spacial score (nSPS) is 11.8. The Morgan fingerprint density at radius 2 is 1.63 bits per heavy atom. The molecule has 3 aromatic carbocycles. The summed E-state index contributed by atoms with van der Waals surface area (Å²) in [6.45, 7) is 0. The number of alkyl halides is 3. The fourth-order valence-electron chi connectivity index (χ4n) is 3.05. The van der Waals surface area contributed by atoms with Gasteiger partial charge in [0.2, 0.25) is 0 Å². The van der Waals surface area contributed by atoms with Gasteiger partial charge in [0.05, 0.1) is 22.9 Å². The smallest absolute Gasteiger partial charge is 0.327 e. The van der Waals surface area contributed by atoms with Crippen molar-refractivity contribution in [1.29, 1.82) is 0 Å². The molecule has 1 aromatic heterocycles. The number of benzene rings is 3. The van der Waals surface area contributed by atoms with E-state index in [0.717, 1.165) is 23.3 Å². The van der Waals surface area contributed by atoms with Crippen molar-refractivity contribution in [1.82, 2.24) is 14.9 Å². The number of halogens is 3. The Balaban J connectivity index is 1.45. The monoisotopic (exact) mass is 407 g/mol. The summed E-state index contributed by atoms with van der Waals surface area (Å²) in [7, 11) is 0. The van der Waals surface area contributed by atoms with Gasteiger partial charge in [-0.1, -0.05) is 42.5 Å². The summed E-state index contributed by atoms with van der Waals surface area (Å²) in [4.78, 5) is 16.3. The van der Waals surface area contributed by atoms with Crippen molar-refractivity contribution in [3.63, 3.8) is 0 Å². The number of carbonyl (C=O) groups excluding carboxylic acids is 1. The fraction of sp³-hybridized carbons (Fsp3) is 0.0435. The third-order valence-corrected chi connectivity index (χ3v) is 4.61. The highest BCUT2D eigenvalue weighted by atomic mass is 19.4. The van der Waals surface area contributed by atoms with Crippen LogP contribution in [0.1, 0.15) is 15.9 Å². The lowest BCUT2D eigenvalue weighted by molar-refractivity contribution is -0.137. The molecule has 0 saturated carbocycles. The zero-order valence-corrected chi connectivity index (χ0v) is 15.6. The van der Waals surface area contributed by atoms with Crippen molar-refractivity contribution in [2.24, 2.45) is 0 Å². The van der Waals surface area contributed by atoms with E-state index in [9.17, 15) is 18.0 Å². The van der Waals surface area contributed by atoms with E-state index in [-0.39, 0.29) is 11.4 Å². The molecule has 4 nitrogen and oxygen atoms in total. The van der Waals surface area contributed by atoms with Gasteiger partial charge in [-0.25, -0.2) is 4.98 Å². The molecule has 0 saturated heterocycles. The number of amides is 1. The number of carbonyl (C=O) groups is 1. The van der Waals surface area contributed by atoms with Crippen LogP contribution in [0.25, 0.3) is 28.4 Å². The van der Waals surface area contributed by atoms with Crippen LogP contribution in [0.15, 0.2) is 85.3 Å². The third kappa shape index (κ3) is 4.10. The van der Waals surface area contributed by atoms with Crippen molar-refractivity contribution in [2.75, 3.05) is 0 Å². The number of rotatable bonds is 4. The second-order valence-corrected chi connectivity index (χ2v) is 6.59. The summed E-state index contributed by atoms with van der Waals surface area (Å²) in [6.07, 6.45) is -0.0783. The molecule has 7 heteroatoms. The highest BCUT2D eigenvalue weighted by molar-refractivity contribution is 5.95. The SMILES string of the molecule is O=C(N/C=C/n1cnc2cc(C(F)(F)F)ccc21)c1ccc(-c2ccccc2)cc1. The maximum Gasteiger partial charge on any atom is 0.416 e. The standard InChI is InChI=1S/C23H16F3N3O/c24-23(25,26)19-10-11-21-20(14-19)28-15-29(21)13-12-27-22(30)18-8-6-17(7-9-18)16-4-2-1-3-5-16/h1-15H,(H,27,30)/b13-12+. The Bertz CT molecular complexity index is 1210. The predicted molar refractivity (Wildman–Crippen MR) is 109 cm³/mol. The average molecular weight is 407 g/mol.